The molecule has 4 rings (SSSR count). The number of benzene rings is 2. The van der Waals surface area contributed by atoms with E-state index in [0.717, 1.165) is 23.1 Å². The lowest BCUT2D eigenvalue weighted by Gasteiger charge is -2.35. The molecule has 2 aliphatic carbocycles. The summed E-state index contributed by atoms with van der Waals surface area (Å²) >= 11 is 0. The highest BCUT2D eigenvalue weighted by Gasteiger charge is 2.37. The maximum Gasteiger partial charge on any atom is 0.140 e. The van der Waals surface area contributed by atoms with Crippen molar-refractivity contribution >= 4 is 0 Å². The number of fused-ring (bicyclic) bond motifs is 1. The zero-order chi connectivity index (χ0) is 15.0. The first kappa shape index (κ1) is 13.3. The van der Waals surface area contributed by atoms with Gasteiger partial charge < -0.3 is 5.11 Å². The van der Waals surface area contributed by atoms with E-state index < -0.39 is 5.60 Å². The molecule has 2 aromatic carbocycles. The first-order chi connectivity index (χ1) is 10.8. The number of aliphatic hydroxyl groups is 1. The second kappa shape index (κ2) is 5.11. The highest BCUT2D eigenvalue weighted by Crippen LogP contribution is 2.43. The molecular formula is C21H18O. The van der Waals surface area contributed by atoms with E-state index in [-0.39, 0.29) is 0 Å². The van der Waals surface area contributed by atoms with Gasteiger partial charge in [-0.15, -0.1) is 0 Å². The van der Waals surface area contributed by atoms with Crippen LogP contribution in [-0.2, 0) is 5.60 Å². The van der Waals surface area contributed by atoms with Crippen LogP contribution in [0.2, 0.25) is 0 Å². The van der Waals surface area contributed by atoms with Gasteiger partial charge in [0, 0.05) is 5.92 Å². The summed E-state index contributed by atoms with van der Waals surface area (Å²) in [7, 11) is 0. The van der Waals surface area contributed by atoms with E-state index in [1.807, 2.05) is 60.7 Å². The quantitative estimate of drug-likeness (QED) is 0.888. The van der Waals surface area contributed by atoms with Crippen molar-refractivity contribution in [3.8, 4) is 0 Å². The number of hydrogen-bond donors (Lipinski definition) is 1. The third-order valence-corrected chi connectivity index (χ3v) is 4.67. The zero-order valence-corrected chi connectivity index (χ0v) is 12.3. The summed E-state index contributed by atoms with van der Waals surface area (Å²) in [6.45, 7) is 0. The van der Waals surface area contributed by atoms with Crippen molar-refractivity contribution in [2.45, 2.75) is 12.0 Å². The van der Waals surface area contributed by atoms with Crippen molar-refractivity contribution in [2.75, 3.05) is 0 Å². The van der Waals surface area contributed by atoms with Crippen molar-refractivity contribution < 1.29 is 5.11 Å². The second-order valence-electron chi connectivity index (χ2n) is 5.94. The molecule has 0 fully saturated rings. The summed E-state index contributed by atoms with van der Waals surface area (Å²) in [5, 5.41) is 11.7. The molecule has 0 saturated carbocycles. The predicted octanol–water partition coefficient (Wildman–Crippen LogP) is 4.37. The molecule has 0 heterocycles. The van der Waals surface area contributed by atoms with Crippen LogP contribution < -0.4 is 0 Å². The van der Waals surface area contributed by atoms with Crippen LogP contribution in [0.3, 0.4) is 0 Å². The lowest BCUT2D eigenvalue weighted by Crippen LogP contribution is -2.31. The lowest BCUT2D eigenvalue weighted by atomic mass is 9.72. The maximum atomic E-state index is 11.7. The Balaban J connectivity index is 1.88. The summed E-state index contributed by atoms with van der Waals surface area (Å²) in [5.41, 5.74) is 3.05. The molecule has 2 aromatic rings. The summed E-state index contributed by atoms with van der Waals surface area (Å²) in [6.07, 6.45) is 9.73. The first-order valence-corrected chi connectivity index (χ1v) is 7.72. The van der Waals surface area contributed by atoms with Crippen LogP contribution >= 0.6 is 0 Å². The maximum absolute atomic E-state index is 11.7. The van der Waals surface area contributed by atoms with E-state index in [1.54, 1.807) is 0 Å². The van der Waals surface area contributed by atoms with Crippen molar-refractivity contribution in [1.29, 1.82) is 0 Å². The molecule has 0 bridgehead atoms. The third-order valence-electron chi connectivity index (χ3n) is 4.67. The van der Waals surface area contributed by atoms with Crippen molar-refractivity contribution in [3.63, 3.8) is 0 Å². The van der Waals surface area contributed by atoms with Gasteiger partial charge in [0.1, 0.15) is 5.60 Å². The van der Waals surface area contributed by atoms with Crippen LogP contribution in [-0.4, -0.2) is 5.11 Å². The fourth-order valence-corrected chi connectivity index (χ4v) is 3.30. The molecule has 2 aliphatic rings. The molecule has 1 heteroatoms. The normalized spacial score (nSPS) is 19.8. The van der Waals surface area contributed by atoms with E-state index in [0.29, 0.717) is 5.92 Å². The van der Waals surface area contributed by atoms with E-state index in [9.17, 15) is 5.11 Å². The van der Waals surface area contributed by atoms with Gasteiger partial charge in [-0.05, 0) is 28.7 Å². The molecular weight excluding hydrogens is 268 g/mol. The molecule has 1 N–H and O–H groups in total. The largest absolute Gasteiger partial charge is 0.376 e. The smallest absolute Gasteiger partial charge is 0.140 e. The molecule has 0 radical (unpaired) electrons. The zero-order valence-electron chi connectivity index (χ0n) is 12.3. The summed E-state index contributed by atoms with van der Waals surface area (Å²) < 4.78 is 0. The van der Waals surface area contributed by atoms with Gasteiger partial charge in [0.2, 0.25) is 0 Å². The Bertz CT molecular complexity index is 727. The van der Waals surface area contributed by atoms with Crippen molar-refractivity contribution in [3.05, 3.63) is 107 Å². The minimum Gasteiger partial charge on any atom is -0.376 e. The highest BCUT2D eigenvalue weighted by atomic mass is 16.3. The predicted molar refractivity (Wildman–Crippen MR) is 89.3 cm³/mol. The SMILES string of the molecule is OC(C1=CC2CC=C2C=C1)(c1ccccc1)c1ccccc1. The fraction of sp³-hybridized carbons (Fsp3) is 0.143. The lowest BCUT2D eigenvalue weighted by molar-refractivity contribution is 0.124. The van der Waals surface area contributed by atoms with E-state index in [4.69, 9.17) is 0 Å². The molecule has 0 aromatic heterocycles. The van der Waals surface area contributed by atoms with Gasteiger partial charge in [0.25, 0.3) is 0 Å². The van der Waals surface area contributed by atoms with Crippen LogP contribution in [0.25, 0.3) is 0 Å². The second-order valence-corrected chi connectivity index (χ2v) is 5.94. The summed E-state index contributed by atoms with van der Waals surface area (Å²) in [5.74, 6) is 0.457. The molecule has 0 aliphatic heterocycles. The van der Waals surface area contributed by atoms with Gasteiger partial charge in [-0.1, -0.05) is 85.0 Å². The number of hydrogen-bond acceptors (Lipinski definition) is 1. The fourth-order valence-electron chi connectivity index (χ4n) is 3.30. The molecule has 0 saturated heterocycles. The summed E-state index contributed by atoms with van der Waals surface area (Å²) in [4.78, 5) is 0. The first-order valence-electron chi connectivity index (χ1n) is 7.72. The summed E-state index contributed by atoms with van der Waals surface area (Å²) in [6, 6.07) is 19.8. The molecule has 0 amide bonds. The molecule has 1 nitrogen and oxygen atoms in total. The standard InChI is InChI=1S/C21H18O/c22-21(18-7-3-1-4-8-18,19-9-5-2-6-10-19)20-14-13-16-11-12-17(16)15-20/h1-11,13-15,17,22H,12H2. The minimum atomic E-state index is -1.10. The molecule has 22 heavy (non-hydrogen) atoms. The van der Waals surface area contributed by atoms with Crippen LogP contribution in [0.4, 0.5) is 0 Å². The molecule has 108 valence electrons. The Morgan fingerprint density at radius 3 is 1.86 bits per heavy atom. The third kappa shape index (κ3) is 1.98. The topological polar surface area (TPSA) is 20.2 Å². The van der Waals surface area contributed by atoms with Gasteiger partial charge >= 0.3 is 0 Å². The Hall–Kier alpha value is -2.38. The number of allylic oxidation sites excluding steroid dienone is 4. The van der Waals surface area contributed by atoms with E-state index in [1.165, 1.54) is 5.57 Å². The van der Waals surface area contributed by atoms with Crippen LogP contribution in [0.5, 0.6) is 0 Å². The average Bonchev–Trinajstić information content (AvgIpc) is 2.57. The minimum absolute atomic E-state index is 0.457. The van der Waals surface area contributed by atoms with E-state index >= 15 is 0 Å². The Labute approximate surface area is 130 Å². The molecule has 1 unspecified atom stereocenters. The van der Waals surface area contributed by atoms with Crippen LogP contribution in [0, 0.1) is 5.92 Å². The Morgan fingerprint density at radius 1 is 0.818 bits per heavy atom. The van der Waals surface area contributed by atoms with Crippen LogP contribution in [0.15, 0.2) is 96.1 Å². The Kier molecular flexibility index (Phi) is 3.09. The van der Waals surface area contributed by atoms with Crippen molar-refractivity contribution in [1.82, 2.24) is 0 Å². The van der Waals surface area contributed by atoms with Gasteiger partial charge in [-0.3, -0.25) is 0 Å². The molecule has 0 spiro atoms. The van der Waals surface area contributed by atoms with Gasteiger partial charge in [-0.2, -0.15) is 0 Å². The monoisotopic (exact) mass is 286 g/mol. The van der Waals surface area contributed by atoms with Gasteiger partial charge in [0.05, 0.1) is 0 Å². The number of rotatable bonds is 3. The van der Waals surface area contributed by atoms with Crippen molar-refractivity contribution in [2.24, 2.45) is 5.92 Å². The van der Waals surface area contributed by atoms with Gasteiger partial charge in [-0.25, -0.2) is 0 Å². The van der Waals surface area contributed by atoms with Gasteiger partial charge in [0.15, 0.2) is 0 Å². The van der Waals surface area contributed by atoms with Crippen LogP contribution in [0.1, 0.15) is 17.5 Å². The van der Waals surface area contributed by atoms with E-state index in [2.05, 4.69) is 24.3 Å². The Morgan fingerprint density at radius 2 is 1.41 bits per heavy atom. The highest BCUT2D eigenvalue weighted by molar-refractivity contribution is 5.54. The molecule has 1 atom stereocenters. The average molecular weight is 286 g/mol.